The van der Waals surface area contributed by atoms with Gasteiger partial charge in [-0.25, -0.2) is 5.09 Å². The minimum atomic E-state index is -0.819. The molecule has 3 nitrogen and oxygen atoms in total. The fraction of sp³-hybridized carbons (Fsp3) is 0.333. The summed E-state index contributed by atoms with van der Waals surface area (Å²) in [5.74, 6) is 0. The van der Waals surface area contributed by atoms with Gasteiger partial charge >= 0.3 is 0 Å². The van der Waals surface area contributed by atoms with E-state index in [2.05, 4.69) is 17.2 Å². The Balaban J connectivity index is 1.79. The lowest BCUT2D eigenvalue weighted by molar-refractivity contribution is 0.365. The van der Waals surface area contributed by atoms with Gasteiger partial charge in [-0.05, 0) is 5.56 Å². The quantitative estimate of drug-likeness (QED) is 0.752. The first kappa shape index (κ1) is 9.10. The molecule has 4 heteroatoms. The van der Waals surface area contributed by atoms with Crippen LogP contribution in [-0.4, -0.2) is 13.2 Å². The predicted octanol–water partition coefficient (Wildman–Crippen LogP) is 2.05. The maximum absolute atomic E-state index is 5.31. The molecular formula is C9H12NO2P. The minimum Gasteiger partial charge on any atom is -0.320 e. The van der Waals surface area contributed by atoms with E-state index in [0.717, 1.165) is 6.54 Å². The zero-order valence-electron chi connectivity index (χ0n) is 7.27. The molecule has 1 N–H and O–H groups in total. The summed E-state index contributed by atoms with van der Waals surface area (Å²) in [5.41, 5.74) is 1.25. The zero-order valence-corrected chi connectivity index (χ0v) is 8.17. The Morgan fingerprint density at radius 1 is 1.15 bits per heavy atom. The van der Waals surface area contributed by atoms with Crippen molar-refractivity contribution in [2.45, 2.75) is 6.54 Å². The Labute approximate surface area is 79.0 Å². The van der Waals surface area contributed by atoms with Gasteiger partial charge in [0.05, 0.1) is 13.2 Å². The summed E-state index contributed by atoms with van der Waals surface area (Å²) >= 11 is 0. The fourth-order valence-electron chi connectivity index (χ4n) is 1.12. The third-order valence-corrected chi connectivity index (χ3v) is 3.01. The van der Waals surface area contributed by atoms with Gasteiger partial charge in [-0.2, -0.15) is 0 Å². The van der Waals surface area contributed by atoms with Gasteiger partial charge in [0.25, 0.3) is 8.53 Å². The van der Waals surface area contributed by atoms with E-state index in [9.17, 15) is 0 Å². The monoisotopic (exact) mass is 197 g/mol. The van der Waals surface area contributed by atoms with Crippen LogP contribution in [0.1, 0.15) is 5.56 Å². The summed E-state index contributed by atoms with van der Waals surface area (Å²) in [6.07, 6.45) is 0. The second-order valence-corrected chi connectivity index (χ2v) is 4.09. The summed E-state index contributed by atoms with van der Waals surface area (Å²) in [5, 5.41) is 3.22. The van der Waals surface area contributed by atoms with Crippen molar-refractivity contribution in [2.24, 2.45) is 0 Å². The standard InChI is InChI=1S/C9H12NO2P/c1-2-4-9(5-3-1)8-10-13-11-6-7-12-13/h1-5,10H,6-8H2. The molecule has 0 saturated carbocycles. The SMILES string of the molecule is c1ccc(CNP2OCCO2)cc1. The Kier molecular flexibility index (Phi) is 3.27. The van der Waals surface area contributed by atoms with E-state index in [1.54, 1.807) is 0 Å². The predicted molar refractivity (Wildman–Crippen MR) is 52.1 cm³/mol. The molecule has 1 aromatic carbocycles. The first-order valence-electron chi connectivity index (χ1n) is 4.28. The highest BCUT2D eigenvalue weighted by Gasteiger charge is 2.15. The van der Waals surface area contributed by atoms with Crippen molar-refractivity contribution < 1.29 is 9.05 Å². The van der Waals surface area contributed by atoms with Crippen molar-refractivity contribution in [1.29, 1.82) is 0 Å². The molecule has 1 heterocycles. The second-order valence-electron chi connectivity index (χ2n) is 2.74. The first-order valence-corrected chi connectivity index (χ1v) is 5.46. The summed E-state index contributed by atoms with van der Waals surface area (Å²) in [7, 11) is -0.819. The topological polar surface area (TPSA) is 30.5 Å². The second kappa shape index (κ2) is 4.68. The molecule has 70 valence electrons. The van der Waals surface area contributed by atoms with E-state index in [1.807, 2.05) is 18.2 Å². The fourth-order valence-corrected chi connectivity index (χ4v) is 2.17. The molecule has 1 aliphatic heterocycles. The lowest BCUT2D eigenvalue weighted by Crippen LogP contribution is -2.06. The van der Waals surface area contributed by atoms with E-state index >= 15 is 0 Å². The normalized spacial score (nSPS) is 17.8. The Morgan fingerprint density at radius 3 is 2.54 bits per heavy atom. The van der Waals surface area contributed by atoms with Gasteiger partial charge in [0.15, 0.2) is 0 Å². The van der Waals surface area contributed by atoms with Crippen molar-refractivity contribution in [1.82, 2.24) is 5.09 Å². The van der Waals surface area contributed by atoms with E-state index < -0.39 is 8.53 Å². The molecule has 13 heavy (non-hydrogen) atoms. The third-order valence-electron chi connectivity index (χ3n) is 1.76. The van der Waals surface area contributed by atoms with E-state index in [-0.39, 0.29) is 0 Å². The number of hydrogen-bond acceptors (Lipinski definition) is 3. The lowest BCUT2D eigenvalue weighted by Gasteiger charge is -2.08. The summed E-state index contributed by atoms with van der Waals surface area (Å²) < 4.78 is 10.6. The van der Waals surface area contributed by atoms with Crippen LogP contribution in [0.5, 0.6) is 0 Å². The number of nitrogens with one attached hydrogen (secondary N) is 1. The third kappa shape index (κ3) is 2.75. The molecule has 1 aliphatic rings. The molecule has 0 aromatic heterocycles. The minimum absolute atomic E-state index is 0.716. The number of hydrogen-bond donors (Lipinski definition) is 1. The molecule has 0 bridgehead atoms. The van der Waals surface area contributed by atoms with Crippen LogP contribution >= 0.6 is 8.53 Å². The van der Waals surface area contributed by atoms with Crippen molar-refractivity contribution in [3.63, 3.8) is 0 Å². The summed E-state index contributed by atoms with van der Waals surface area (Å²) in [4.78, 5) is 0. The average Bonchev–Trinajstić information content (AvgIpc) is 2.69. The zero-order chi connectivity index (χ0) is 8.93. The smallest absolute Gasteiger partial charge is 0.256 e. The maximum Gasteiger partial charge on any atom is 0.256 e. The Hall–Kier alpha value is -0.470. The van der Waals surface area contributed by atoms with Crippen molar-refractivity contribution in [3.05, 3.63) is 35.9 Å². The van der Waals surface area contributed by atoms with Gasteiger partial charge in [-0.15, -0.1) is 0 Å². The molecule has 0 unspecified atom stereocenters. The molecule has 0 radical (unpaired) electrons. The Morgan fingerprint density at radius 2 is 1.85 bits per heavy atom. The molecule has 1 aromatic rings. The highest BCUT2D eigenvalue weighted by molar-refractivity contribution is 7.45. The van der Waals surface area contributed by atoms with Gasteiger partial charge in [0, 0.05) is 6.54 Å². The van der Waals surface area contributed by atoms with Crippen LogP contribution in [0.3, 0.4) is 0 Å². The highest BCUT2D eigenvalue weighted by Crippen LogP contribution is 2.37. The first-order chi connectivity index (χ1) is 6.45. The molecule has 0 aliphatic carbocycles. The van der Waals surface area contributed by atoms with E-state index in [0.29, 0.717) is 13.2 Å². The van der Waals surface area contributed by atoms with Crippen molar-refractivity contribution in [3.8, 4) is 0 Å². The van der Waals surface area contributed by atoms with Crippen LogP contribution in [0.2, 0.25) is 0 Å². The van der Waals surface area contributed by atoms with Crippen LogP contribution in [0.4, 0.5) is 0 Å². The van der Waals surface area contributed by atoms with Crippen LogP contribution in [0.25, 0.3) is 0 Å². The molecular weight excluding hydrogens is 185 g/mol. The van der Waals surface area contributed by atoms with Crippen LogP contribution in [0.15, 0.2) is 30.3 Å². The van der Waals surface area contributed by atoms with Gasteiger partial charge in [0.1, 0.15) is 0 Å². The molecule has 0 spiro atoms. The Bertz CT molecular complexity index is 249. The van der Waals surface area contributed by atoms with Crippen molar-refractivity contribution in [2.75, 3.05) is 13.2 Å². The molecule has 1 fully saturated rings. The number of benzene rings is 1. The molecule has 1 saturated heterocycles. The van der Waals surface area contributed by atoms with Crippen LogP contribution in [0, 0.1) is 0 Å². The van der Waals surface area contributed by atoms with E-state index in [4.69, 9.17) is 9.05 Å². The van der Waals surface area contributed by atoms with Gasteiger partial charge in [-0.3, -0.25) is 0 Å². The molecule has 0 amide bonds. The largest absolute Gasteiger partial charge is 0.320 e. The lowest BCUT2D eigenvalue weighted by atomic mass is 10.2. The summed E-state index contributed by atoms with van der Waals surface area (Å²) in [6.45, 7) is 2.24. The van der Waals surface area contributed by atoms with Crippen LogP contribution in [-0.2, 0) is 15.6 Å². The summed E-state index contributed by atoms with van der Waals surface area (Å²) in [6, 6.07) is 10.2. The molecule has 0 atom stereocenters. The average molecular weight is 197 g/mol. The van der Waals surface area contributed by atoms with Gasteiger partial charge in [-0.1, -0.05) is 30.3 Å². The number of rotatable bonds is 3. The van der Waals surface area contributed by atoms with Gasteiger partial charge in [0.2, 0.25) is 0 Å². The van der Waals surface area contributed by atoms with E-state index in [1.165, 1.54) is 5.56 Å². The van der Waals surface area contributed by atoms with Crippen molar-refractivity contribution >= 4 is 8.53 Å². The highest BCUT2D eigenvalue weighted by atomic mass is 31.2. The maximum atomic E-state index is 5.31. The van der Waals surface area contributed by atoms with Gasteiger partial charge < -0.3 is 9.05 Å². The van der Waals surface area contributed by atoms with Crippen LogP contribution < -0.4 is 5.09 Å². The molecule has 2 rings (SSSR count).